The summed E-state index contributed by atoms with van der Waals surface area (Å²) in [6, 6.07) is 81.4. The van der Waals surface area contributed by atoms with Crippen molar-refractivity contribution in [1.29, 1.82) is 0 Å². The third-order valence-electron chi connectivity index (χ3n) is 10.9. The van der Waals surface area contributed by atoms with Crippen LogP contribution in [0.5, 0.6) is 0 Å². The molecular weight excluding hydrogens is 663 g/mol. The van der Waals surface area contributed by atoms with Crippen LogP contribution < -0.4 is 4.90 Å². The molecule has 0 heterocycles. The van der Waals surface area contributed by atoms with Gasteiger partial charge in [0, 0.05) is 17.1 Å². The maximum absolute atomic E-state index is 2.36. The van der Waals surface area contributed by atoms with Gasteiger partial charge < -0.3 is 4.90 Å². The van der Waals surface area contributed by atoms with E-state index in [9.17, 15) is 0 Å². The van der Waals surface area contributed by atoms with Gasteiger partial charge in [-0.15, -0.1) is 0 Å². The van der Waals surface area contributed by atoms with E-state index in [2.05, 4.69) is 229 Å². The Morgan fingerprint density at radius 3 is 1.09 bits per heavy atom. The summed E-state index contributed by atoms with van der Waals surface area (Å²) in [6.07, 6.45) is 0. The van der Waals surface area contributed by atoms with Gasteiger partial charge >= 0.3 is 0 Å². The summed E-state index contributed by atoms with van der Waals surface area (Å²) >= 11 is 0. The highest BCUT2D eigenvalue weighted by Crippen LogP contribution is 2.45. The Balaban J connectivity index is 1.10. The highest BCUT2D eigenvalue weighted by Gasteiger charge is 2.19. The number of hydrogen-bond acceptors (Lipinski definition) is 1. The van der Waals surface area contributed by atoms with Crippen LogP contribution in [0.25, 0.3) is 76.8 Å². The Bertz CT molecular complexity index is 2930. The zero-order valence-corrected chi connectivity index (χ0v) is 30.3. The van der Waals surface area contributed by atoms with Crippen LogP contribution in [0.2, 0.25) is 0 Å². The van der Waals surface area contributed by atoms with E-state index in [4.69, 9.17) is 0 Å². The van der Waals surface area contributed by atoms with E-state index in [1.54, 1.807) is 0 Å². The van der Waals surface area contributed by atoms with Crippen molar-refractivity contribution in [2.75, 3.05) is 4.90 Å². The van der Waals surface area contributed by atoms with Crippen molar-refractivity contribution >= 4 is 49.4 Å². The van der Waals surface area contributed by atoms with Crippen LogP contribution in [-0.4, -0.2) is 0 Å². The second kappa shape index (κ2) is 14.0. The van der Waals surface area contributed by atoms with Gasteiger partial charge in [-0.1, -0.05) is 182 Å². The predicted octanol–water partition coefficient (Wildman–Crippen LogP) is 15.3. The number of rotatable bonds is 7. The lowest BCUT2D eigenvalue weighted by Crippen LogP contribution is -2.09. The SMILES string of the molecule is c1ccc(-c2ccc(N(c3ccc(-c4ccc5ccccc5c4)cc3)c3ccc(-c4c(-c5ccccc5)c5ccccc5c5ccccc45)cc3)cc2)cc1. The first-order valence-corrected chi connectivity index (χ1v) is 18.9. The molecule has 0 bridgehead atoms. The van der Waals surface area contributed by atoms with Crippen molar-refractivity contribution in [3.8, 4) is 44.5 Å². The van der Waals surface area contributed by atoms with Crippen molar-refractivity contribution in [1.82, 2.24) is 0 Å². The molecule has 0 amide bonds. The van der Waals surface area contributed by atoms with Crippen LogP contribution >= 0.6 is 0 Å². The van der Waals surface area contributed by atoms with Gasteiger partial charge in [-0.2, -0.15) is 0 Å². The first-order valence-electron chi connectivity index (χ1n) is 18.9. The molecule has 258 valence electrons. The normalized spacial score (nSPS) is 11.3. The summed E-state index contributed by atoms with van der Waals surface area (Å²) in [5.41, 5.74) is 13.0. The molecule has 0 radical (unpaired) electrons. The van der Waals surface area contributed by atoms with Crippen molar-refractivity contribution in [2.45, 2.75) is 0 Å². The Labute approximate surface area is 322 Å². The highest BCUT2D eigenvalue weighted by atomic mass is 15.1. The van der Waals surface area contributed by atoms with E-state index in [0.717, 1.165) is 17.1 Å². The summed E-state index contributed by atoms with van der Waals surface area (Å²) in [7, 11) is 0. The molecule has 0 aliphatic rings. The average Bonchev–Trinajstić information content (AvgIpc) is 3.27. The van der Waals surface area contributed by atoms with Gasteiger partial charge in [0.1, 0.15) is 0 Å². The van der Waals surface area contributed by atoms with E-state index in [-0.39, 0.29) is 0 Å². The Hall–Kier alpha value is -7.22. The lowest BCUT2D eigenvalue weighted by atomic mass is 9.85. The van der Waals surface area contributed by atoms with Crippen LogP contribution in [0.15, 0.2) is 224 Å². The van der Waals surface area contributed by atoms with Crippen LogP contribution in [0, 0.1) is 0 Å². The quantitative estimate of drug-likeness (QED) is 0.150. The van der Waals surface area contributed by atoms with E-state index in [0.29, 0.717) is 0 Å². The Morgan fingerprint density at radius 2 is 0.564 bits per heavy atom. The van der Waals surface area contributed by atoms with Gasteiger partial charge in [-0.05, 0) is 119 Å². The van der Waals surface area contributed by atoms with E-state index in [1.165, 1.54) is 76.8 Å². The van der Waals surface area contributed by atoms with Crippen molar-refractivity contribution < 1.29 is 0 Å². The highest BCUT2D eigenvalue weighted by molar-refractivity contribution is 6.21. The maximum atomic E-state index is 2.36. The molecule has 1 heteroatoms. The van der Waals surface area contributed by atoms with E-state index in [1.807, 2.05) is 0 Å². The number of nitrogens with zero attached hydrogens (tertiary/aromatic N) is 1. The van der Waals surface area contributed by atoms with Gasteiger partial charge in [0.25, 0.3) is 0 Å². The van der Waals surface area contributed by atoms with E-state index < -0.39 is 0 Å². The minimum absolute atomic E-state index is 1.10. The molecule has 0 atom stereocenters. The zero-order valence-electron chi connectivity index (χ0n) is 30.3. The van der Waals surface area contributed by atoms with Gasteiger partial charge in [0.15, 0.2) is 0 Å². The maximum Gasteiger partial charge on any atom is 0.0462 e. The average molecular weight is 700 g/mol. The third kappa shape index (κ3) is 6.02. The lowest BCUT2D eigenvalue weighted by Gasteiger charge is -2.26. The largest absolute Gasteiger partial charge is 0.311 e. The van der Waals surface area contributed by atoms with Gasteiger partial charge in [0.2, 0.25) is 0 Å². The zero-order chi connectivity index (χ0) is 36.6. The van der Waals surface area contributed by atoms with Crippen molar-refractivity contribution in [3.63, 3.8) is 0 Å². The number of benzene rings is 10. The molecule has 1 nitrogen and oxygen atoms in total. The molecule has 0 aliphatic carbocycles. The van der Waals surface area contributed by atoms with Gasteiger partial charge in [-0.25, -0.2) is 0 Å². The number of anilines is 3. The van der Waals surface area contributed by atoms with Gasteiger partial charge in [-0.3, -0.25) is 0 Å². The molecule has 0 aliphatic heterocycles. The standard InChI is InChI=1S/C54H37N/c1-3-13-38(14-4-1)40-25-31-46(32-26-40)55(47-33-27-41(28-34-47)45-24-23-39-15-7-8-18-44(39)37-45)48-35-29-43(30-36-48)54-52-22-12-10-20-50(52)49-19-9-11-21-51(49)53(54)42-16-5-2-6-17-42/h1-37H. The molecule has 55 heavy (non-hydrogen) atoms. The summed E-state index contributed by atoms with van der Waals surface area (Å²) < 4.78 is 0. The molecule has 0 unspecified atom stereocenters. The lowest BCUT2D eigenvalue weighted by molar-refractivity contribution is 1.28. The first-order chi connectivity index (χ1) is 27.3. The molecule has 0 N–H and O–H groups in total. The topological polar surface area (TPSA) is 3.24 Å². The molecule has 0 saturated heterocycles. The van der Waals surface area contributed by atoms with Crippen molar-refractivity contribution in [2.24, 2.45) is 0 Å². The van der Waals surface area contributed by atoms with E-state index >= 15 is 0 Å². The Morgan fingerprint density at radius 1 is 0.218 bits per heavy atom. The summed E-state index contributed by atoms with van der Waals surface area (Å²) in [6.45, 7) is 0. The summed E-state index contributed by atoms with van der Waals surface area (Å²) in [5.74, 6) is 0. The minimum Gasteiger partial charge on any atom is -0.311 e. The molecule has 0 aromatic heterocycles. The number of fused-ring (bicyclic) bond motifs is 4. The van der Waals surface area contributed by atoms with Crippen LogP contribution in [0.1, 0.15) is 0 Å². The van der Waals surface area contributed by atoms with Gasteiger partial charge in [0.05, 0.1) is 0 Å². The molecule has 10 aromatic carbocycles. The fourth-order valence-electron chi connectivity index (χ4n) is 8.18. The second-order valence-corrected chi connectivity index (χ2v) is 14.1. The monoisotopic (exact) mass is 699 g/mol. The molecule has 0 fully saturated rings. The third-order valence-corrected chi connectivity index (χ3v) is 10.9. The van der Waals surface area contributed by atoms with Crippen LogP contribution in [0.4, 0.5) is 17.1 Å². The Kier molecular flexibility index (Phi) is 8.24. The molecule has 10 aromatic rings. The summed E-state index contributed by atoms with van der Waals surface area (Å²) in [4.78, 5) is 2.36. The first kappa shape index (κ1) is 32.4. The minimum atomic E-state index is 1.10. The molecular formula is C54H37N. The number of hydrogen-bond donors (Lipinski definition) is 0. The second-order valence-electron chi connectivity index (χ2n) is 14.1. The summed E-state index contributed by atoms with van der Waals surface area (Å²) in [5, 5.41) is 7.56. The smallest absolute Gasteiger partial charge is 0.0462 e. The predicted molar refractivity (Wildman–Crippen MR) is 235 cm³/mol. The fraction of sp³-hybridized carbons (Fsp3) is 0. The van der Waals surface area contributed by atoms with Crippen LogP contribution in [-0.2, 0) is 0 Å². The molecule has 0 saturated carbocycles. The van der Waals surface area contributed by atoms with Crippen LogP contribution in [0.3, 0.4) is 0 Å². The van der Waals surface area contributed by atoms with Crippen molar-refractivity contribution in [3.05, 3.63) is 224 Å². The molecule has 10 rings (SSSR count). The fourth-order valence-corrected chi connectivity index (χ4v) is 8.18. The molecule has 0 spiro atoms.